The van der Waals surface area contributed by atoms with Gasteiger partial charge in [0.05, 0.1) is 6.54 Å². The molecule has 0 aliphatic rings. The summed E-state index contributed by atoms with van der Waals surface area (Å²) in [5.74, 6) is -1.03. The lowest BCUT2D eigenvalue weighted by atomic mass is 10.4. The molecule has 1 rings (SSSR count). The summed E-state index contributed by atoms with van der Waals surface area (Å²) in [5, 5.41) is 11.4. The number of nitrogens with one attached hydrogen (secondary N) is 1. The van der Waals surface area contributed by atoms with Gasteiger partial charge in [-0.3, -0.25) is 4.79 Å². The van der Waals surface area contributed by atoms with Crippen LogP contribution in [0, 0.1) is 0 Å². The van der Waals surface area contributed by atoms with E-state index in [9.17, 15) is 9.59 Å². The standard InChI is InChI=1S/C11H16N2O4/c1-3-6-12-9(14)7-13(2)10-5-4-8(17-10)11(15)16/h4-5H,3,6-7H2,1-2H3,(H,12,14)(H,15,16). The van der Waals surface area contributed by atoms with E-state index in [1.807, 2.05) is 6.92 Å². The molecule has 0 bridgehead atoms. The van der Waals surface area contributed by atoms with Crippen molar-refractivity contribution < 1.29 is 19.1 Å². The van der Waals surface area contributed by atoms with Crippen LogP contribution in [0.25, 0.3) is 0 Å². The first-order valence-corrected chi connectivity index (χ1v) is 5.35. The van der Waals surface area contributed by atoms with Crippen LogP contribution in [0.3, 0.4) is 0 Å². The van der Waals surface area contributed by atoms with Crippen LogP contribution >= 0.6 is 0 Å². The van der Waals surface area contributed by atoms with Crippen molar-refractivity contribution in [2.75, 3.05) is 25.0 Å². The van der Waals surface area contributed by atoms with E-state index in [1.54, 1.807) is 11.9 Å². The predicted octanol–water partition coefficient (Wildman–Crippen LogP) is 0.940. The van der Waals surface area contributed by atoms with Crippen LogP contribution in [-0.4, -0.2) is 37.1 Å². The number of amides is 1. The van der Waals surface area contributed by atoms with Crippen molar-refractivity contribution in [3.8, 4) is 0 Å². The molecule has 1 aromatic heterocycles. The van der Waals surface area contributed by atoms with Crippen molar-refractivity contribution in [3.05, 3.63) is 17.9 Å². The molecule has 94 valence electrons. The Balaban J connectivity index is 2.54. The lowest BCUT2D eigenvalue weighted by molar-refractivity contribution is -0.119. The highest BCUT2D eigenvalue weighted by Crippen LogP contribution is 2.16. The highest BCUT2D eigenvalue weighted by Gasteiger charge is 2.13. The fourth-order valence-corrected chi connectivity index (χ4v) is 1.26. The summed E-state index contributed by atoms with van der Waals surface area (Å²) in [6, 6.07) is 2.88. The van der Waals surface area contributed by atoms with Crippen LogP contribution in [0.5, 0.6) is 0 Å². The van der Waals surface area contributed by atoms with Crippen LogP contribution < -0.4 is 10.2 Å². The number of furan rings is 1. The van der Waals surface area contributed by atoms with Crippen LogP contribution in [0.2, 0.25) is 0 Å². The molecule has 1 amide bonds. The van der Waals surface area contributed by atoms with Gasteiger partial charge >= 0.3 is 5.97 Å². The van der Waals surface area contributed by atoms with Gasteiger partial charge in [0.15, 0.2) is 5.88 Å². The maximum atomic E-state index is 11.4. The number of anilines is 1. The Morgan fingerprint density at radius 3 is 2.71 bits per heavy atom. The Hall–Kier alpha value is -1.98. The number of carbonyl (C=O) groups excluding carboxylic acids is 1. The minimum atomic E-state index is -1.12. The van der Waals surface area contributed by atoms with Crippen LogP contribution in [0.1, 0.15) is 23.9 Å². The van der Waals surface area contributed by atoms with E-state index in [4.69, 9.17) is 9.52 Å². The summed E-state index contributed by atoms with van der Waals surface area (Å²) in [6.07, 6.45) is 0.874. The van der Waals surface area contributed by atoms with E-state index in [1.165, 1.54) is 12.1 Å². The van der Waals surface area contributed by atoms with Crippen molar-refractivity contribution in [2.45, 2.75) is 13.3 Å². The van der Waals surface area contributed by atoms with Gasteiger partial charge in [0, 0.05) is 19.7 Å². The van der Waals surface area contributed by atoms with Gasteiger partial charge in [-0.2, -0.15) is 0 Å². The van der Waals surface area contributed by atoms with E-state index in [-0.39, 0.29) is 18.2 Å². The first-order valence-electron chi connectivity index (χ1n) is 5.35. The number of carbonyl (C=O) groups is 2. The quantitative estimate of drug-likeness (QED) is 0.773. The highest BCUT2D eigenvalue weighted by atomic mass is 16.4. The van der Waals surface area contributed by atoms with Crippen molar-refractivity contribution in [1.82, 2.24) is 5.32 Å². The number of rotatable bonds is 6. The molecular weight excluding hydrogens is 224 g/mol. The second-order valence-corrected chi connectivity index (χ2v) is 3.65. The van der Waals surface area contributed by atoms with Crippen molar-refractivity contribution in [3.63, 3.8) is 0 Å². The smallest absolute Gasteiger partial charge is 0.371 e. The Morgan fingerprint density at radius 1 is 1.47 bits per heavy atom. The number of nitrogens with zero attached hydrogens (tertiary/aromatic N) is 1. The SMILES string of the molecule is CCCNC(=O)CN(C)c1ccc(C(=O)O)o1. The molecule has 1 heterocycles. The van der Waals surface area contributed by atoms with Crippen LogP contribution in [-0.2, 0) is 4.79 Å². The number of hydrogen-bond acceptors (Lipinski definition) is 4. The van der Waals surface area contributed by atoms with Crippen LogP contribution in [0.4, 0.5) is 5.88 Å². The topological polar surface area (TPSA) is 82.8 Å². The molecule has 0 saturated heterocycles. The second-order valence-electron chi connectivity index (χ2n) is 3.65. The lowest BCUT2D eigenvalue weighted by Gasteiger charge is -2.15. The summed E-state index contributed by atoms with van der Waals surface area (Å²) >= 11 is 0. The van der Waals surface area contributed by atoms with E-state index >= 15 is 0 Å². The number of carboxylic acids is 1. The molecule has 0 fully saturated rings. The van der Waals surface area contributed by atoms with Crippen LogP contribution in [0.15, 0.2) is 16.5 Å². The predicted molar refractivity (Wildman–Crippen MR) is 62.2 cm³/mol. The summed E-state index contributed by atoms with van der Waals surface area (Å²) < 4.78 is 5.06. The third-order valence-electron chi connectivity index (χ3n) is 2.13. The molecule has 0 spiro atoms. The molecular formula is C11H16N2O4. The summed E-state index contributed by atoms with van der Waals surface area (Å²) in [5.41, 5.74) is 0. The van der Waals surface area contributed by atoms with Crippen molar-refractivity contribution >= 4 is 17.8 Å². The molecule has 0 saturated carbocycles. The number of carboxylic acid groups (broad SMARTS) is 1. The molecule has 2 N–H and O–H groups in total. The number of likely N-dealkylation sites (N-methyl/N-ethyl adjacent to an activating group) is 1. The molecule has 0 aliphatic carbocycles. The van der Waals surface area contributed by atoms with Crippen molar-refractivity contribution in [2.24, 2.45) is 0 Å². The van der Waals surface area contributed by atoms with Crippen molar-refractivity contribution in [1.29, 1.82) is 0 Å². The van der Waals surface area contributed by atoms with E-state index in [0.717, 1.165) is 6.42 Å². The van der Waals surface area contributed by atoms with E-state index in [0.29, 0.717) is 12.4 Å². The molecule has 0 unspecified atom stereocenters. The van der Waals surface area contributed by atoms with Gasteiger partial charge in [-0.1, -0.05) is 6.92 Å². The zero-order valence-corrected chi connectivity index (χ0v) is 9.90. The molecule has 0 aromatic carbocycles. The maximum absolute atomic E-state index is 11.4. The maximum Gasteiger partial charge on any atom is 0.371 e. The molecule has 6 nitrogen and oxygen atoms in total. The van der Waals surface area contributed by atoms with Gasteiger partial charge in [0.1, 0.15) is 0 Å². The van der Waals surface area contributed by atoms with Gasteiger partial charge in [-0.25, -0.2) is 4.79 Å². The molecule has 1 aromatic rings. The Labute approximate surface area is 99.2 Å². The second kappa shape index (κ2) is 5.93. The minimum absolute atomic E-state index is 0.123. The fourth-order valence-electron chi connectivity index (χ4n) is 1.26. The summed E-state index contributed by atoms with van der Waals surface area (Å²) in [4.78, 5) is 23.6. The first-order chi connectivity index (χ1) is 8.04. The van der Waals surface area contributed by atoms with E-state index < -0.39 is 5.97 Å². The lowest BCUT2D eigenvalue weighted by Crippen LogP contribution is -2.35. The average molecular weight is 240 g/mol. The highest BCUT2D eigenvalue weighted by molar-refractivity contribution is 5.85. The Bertz CT molecular complexity index is 400. The van der Waals surface area contributed by atoms with Gasteiger partial charge in [0.2, 0.25) is 11.7 Å². The Morgan fingerprint density at radius 2 is 2.18 bits per heavy atom. The molecule has 6 heteroatoms. The molecule has 0 atom stereocenters. The normalized spacial score (nSPS) is 10.0. The zero-order valence-electron chi connectivity index (χ0n) is 9.90. The average Bonchev–Trinajstić information content (AvgIpc) is 2.75. The van der Waals surface area contributed by atoms with Gasteiger partial charge in [-0.05, 0) is 12.5 Å². The van der Waals surface area contributed by atoms with Gasteiger partial charge in [0.25, 0.3) is 0 Å². The van der Waals surface area contributed by atoms with Gasteiger partial charge in [-0.15, -0.1) is 0 Å². The first kappa shape index (κ1) is 13.1. The molecule has 0 aliphatic heterocycles. The summed E-state index contributed by atoms with van der Waals surface area (Å²) in [7, 11) is 1.66. The summed E-state index contributed by atoms with van der Waals surface area (Å²) in [6.45, 7) is 2.73. The fraction of sp³-hybridized carbons (Fsp3) is 0.455. The third-order valence-corrected chi connectivity index (χ3v) is 2.13. The van der Waals surface area contributed by atoms with Gasteiger partial charge < -0.3 is 19.7 Å². The molecule has 0 radical (unpaired) electrons. The van der Waals surface area contributed by atoms with E-state index in [2.05, 4.69) is 5.32 Å². The largest absolute Gasteiger partial charge is 0.475 e. The zero-order chi connectivity index (χ0) is 12.8. The minimum Gasteiger partial charge on any atom is -0.475 e. The monoisotopic (exact) mass is 240 g/mol. The number of hydrogen-bond donors (Lipinski definition) is 2. The Kier molecular flexibility index (Phi) is 4.56. The third kappa shape index (κ3) is 3.82. The number of aromatic carboxylic acids is 1. The molecule has 17 heavy (non-hydrogen) atoms.